The smallest absolute Gasteiger partial charge is 0.374 e. The molecule has 21 heavy (non-hydrogen) atoms. The van der Waals surface area contributed by atoms with Gasteiger partial charge in [-0.3, -0.25) is 14.6 Å². The zero-order valence-corrected chi connectivity index (χ0v) is 12.7. The fourth-order valence-electron chi connectivity index (χ4n) is 1.46. The average Bonchev–Trinajstić information content (AvgIpc) is 2.40. The molecule has 1 aromatic heterocycles. The second-order valence-corrected chi connectivity index (χ2v) is 5.56. The Bertz CT molecular complexity index is 547. The van der Waals surface area contributed by atoms with E-state index in [0.717, 1.165) is 0 Å². The van der Waals surface area contributed by atoms with Gasteiger partial charge < -0.3 is 10.1 Å². The van der Waals surface area contributed by atoms with Crippen molar-refractivity contribution in [2.24, 2.45) is 5.41 Å². The predicted octanol–water partition coefficient (Wildman–Crippen LogP) is 1.74. The number of carbonyl (C=O) groups is 3. The topological polar surface area (TPSA) is 85.4 Å². The van der Waals surface area contributed by atoms with Crippen molar-refractivity contribution < 1.29 is 19.1 Å². The molecule has 0 spiro atoms. The Hall–Kier alpha value is -2.24. The lowest BCUT2D eigenvalue weighted by atomic mass is 9.95. The molecular formula is C15H20N2O4. The third-order valence-electron chi connectivity index (χ3n) is 2.69. The number of Topliss-reactive ketones (excluding diaryl/α,β-unsaturated/α-hetero) is 1. The van der Waals surface area contributed by atoms with Gasteiger partial charge in [0.15, 0.2) is 0 Å². The molecule has 0 unspecified atom stereocenters. The van der Waals surface area contributed by atoms with Crippen LogP contribution in [0.2, 0.25) is 0 Å². The van der Waals surface area contributed by atoms with Crippen LogP contribution in [-0.2, 0) is 25.5 Å². The van der Waals surface area contributed by atoms with Gasteiger partial charge in [0.2, 0.25) is 11.7 Å². The van der Waals surface area contributed by atoms with Crippen LogP contribution in [0.4, 0.5) is 5.69 Å². The molecule has 1 heterocycles. The Morgan fingerprint density at radius 1 is 1.29 bits per heavy atom. The normalized spacial score (nSPS) is 10.9. The van der Waals surface area contributed by atoms with E-state index in [2.05, 4.69) is 15.0 Å². The molecule has 0 aliphatic rings. The molecule has 0 aliphatic carbocycles. The summed E-state index contributed by atoms with van der Waals surface area (Å²) in [5, 5.41) is 2.74. The number of hydrogen-bond acceptors (Lipinski definition) is 5. The predicted molar refractivity (Wildman–Crippen MR) is 77.7 cm³/mol. The number of anilines is 1. The van der Waals surface area contributed by atoms with Crippen LogP contribution >= 0.6 is 0 Å². The van der Waals surface area contributed by atoms with Crippen LogP contribution in [0.1, 0.15) is 33.3 Å². The second-order valence-electron chi connectivity index (χ2n) is 5.56. The number of esters is 1. The summed E-state index contributed by atoms with van der Waals surface area (Å²) in [7, 11) is 0. The maximum Gasteiger partial charge on any atom is 0.374 e. The van der Waals surface area contributed by atoms with Gasteiger partial charge in [-0.15, -0.1) is 0 Å². The summed E-state index contributed by atoms with van der Waals surface area (Å²) in [5.41, 5.74) is 0.391. The first-order chi connectivity index (χ1) is 9.75. The first-order valence-corrected chi connectivity index (χ1v) is 6.70. The van der Waals surface area contributed by atoms with Crippen LogP contribution in [0.15, 0.2) is 18.5 Å². The monoisotopic (exact) mass is 292 g/mol. The van der Waals surface area contributed by atoms with E-state index < -0.39 is 17.2 Å². The second kappa shape index (κ2) is 6.97. The standard InChI is InChI=1S/C15H20N2O4/c1-5-21-13(19)12(18)8-10-9-16-7-6-11(10)17-14(20)15(2,3)4/h6-7,9H,5,8H2,1-4H3,(H,16,17,20). The van der Waals surface area contributed by atoms with Crippen molar-refractivity contribution in [3.8, 4) is 0 Å². The van der Waals surface area contributed by atoms with Crippen LogP contribution in [-0.4, -0.2) is 29.3 Å². The molecule has 114 valence electrons. The summed E-state index contributed by atoms with van der Waals surface area (Å²) in [6.07, 6.45) is 2.80. The molecule has 0 saturated heterocycles. The van der Waals surface area contributed by atoms with Crippen molar-refractivity contribution in [3.05, 3.63) is 24.0 Å². The number of nitrogens with one attached hydrogen (secondary N) is 1. The number of hydrogen-bond donors (Lipinski definition) is 1. The van der Waals surface area contributed by atoms with E-state index in [0.29, 0.717) is 11.3 Å². The van der Waals surface area contributed by atoms with Gasteiger partial charge in [0.25, 0.3) is 0 Å². The Kier molecular flexibility index (Phi) is 5.58. The lowest BCUT2D eigenvalue weighted by Gasteiger charge is -2.19. The van der Waals surface area contributed by atoms with Crippen LogP contribution in [0, 0.1) is 5.41 Å². The first kappa shape index (κ1) is 16.8. The SMILES string of the molecule is CCOC(=O)C(=O)Cc1cnccc1NC(=O)C(C)(C)C. The minimum atomic E-state index is -0.880. The molecule has 0 saturated carbocycles. The van der Waals surface area contributed by atoms with E-state index in [9.17, 15) is 14.4 Å². The third-order valence-corrected chi connectivity index (χ3v) is 2.69. The third kappa shape index (κ3) is 4.98. The molecule has 1 amide bonds. The average molecular weight is 292 g/mol. The lowest BCUT2D eigenvalue weighted by molar-refractivity contribution is -0.153. The number of ketones is 1. The summed E-state index contributed by atoms with van der Waals surface area (Å²) < 4.78 is 4.65. The van der Waals surface area contributed by atoms with Gasteiger partial charge in [-0.2, -0.15) is 0 Å². The van der Waals surface area contributed by atoms with Crippen molar-refractivity contribution in [3.63, 3.8) is 0 Å². The number of amides is 1. The van der Waals surface area contributed by atoms with E-state index in [4.69, 9.17) is 0 Å². The first-order valence-electron chi connectivity index (χ1n) is 6.70. The summed E-state index contributed by atoms with van der Waals surface area (Å²) in [4.78, 5) is 39.0. The molecule has 0 aromatic carbocycles. The van der Waals surface area contributed by atoms with E-state index in [1.54, 1.807) is 33.8 Å². The molecule has 0 radical (unpaired) electrons. The maximum absolute atomic E-state index is 12.0. The van der Waals surface area contributed by atoms with Crippen molar-refractivity contribution in [2.75, 3.05) is 11.9 Å². The molecule has 0 atom stereocenters. The highest BCUT2D eigenvalue weighted by Gasteiger charge is 2.23. The van der Waals surface area contributed by atoms with Gasteiger partial charge in [0.05, 0.1) is 6.61 Å². The number of carbonyl (C=O) groups excluding carboxylic acids is 3. The Labute approximate surface area is 123 Å². The molecule has 1 rings (SSSR count). The molecule has 0 bridgehead atoms. The largest absolute Gasteiger partial charge is 0.460 e. The summed E-state index contributed by atoms with van der Waals surface area (Å²) in [5.74, 6) is -1.73. The van der Waals surface area contributed by atoms with Gasteiger partial charge in [-0.05, 0) is 13.0 Å². The van der Waals surface area contributed by atoms with E-state index in [1.165, 1.54) is 12.4 Å². The van der Waals surface area contributed by atoms with Gasteiger partial charge in [-0.25, -0.2) is 4.79 Å². The molecule has 1 aromatic rings. The molecule has 1 N–H and O–H groups in total. The fraction of sp³-hybridized carbons (Fsp3) is 0.467. The van der Waals surface area contributed by atoms with Crippen molar-refractivity contribution in [1.29, 1.82) is 0 Å². The zero-order valence-electron chi connectivity index (χ0n) is 12.7. The number of ether oxygens (including phenoxy) is 1. The van der Waals surface area contributed by atoms with Crippen molar-refractivity contribution in [1.82, 2.24) is 4.98 Å². The minimum absolute atomic E-state index is 0.144. The zero-order chi connectivity index (χ0) is 16.0. The summed E-state index contributed by atoms with van der Waals surface area (Å²) in [6, 6.07) is 1.59. The molecular weight excluding hydrogens is 272 g/mol. The van der Waals surface area contributed by atoms with E-state index in [1.807, 2.05) is 0 Å². The van der Waals surface area contributed by atoms with Crippen molar-refractivity contribution in [2.45, 2.75) is 34.1 Å². The Balaban J connectivity index is 2.87. The van der Waals surface area contributed by atoms with E-state index in [-0.39, 0.29) is 18.9 Å². The summed E-state index contributed by atoms with van der Waals surface area (Å²) >= 11 is 0. The molecule has 6 heteroatoms. The van der Waals surface area contributed by atoms with Gasteiger partial charge in [-0.1, -0.05) is 20.8 Å². The van der Waals surface area contributed by atoms with Gasteiger partial charge in [0.1, 0.15) is 0 Å². The number of rotatable bonds is 5. The van der Waals surface area contributed by atoms with Crippen LogP contribution < -0.4 is 5.32 Å². The quantitative estimate of drug-likeness (QED) is 0.660. The van der Waals surface area contributed by atoms with E-state index >= 15 is 0 Å². The van der Waals surface area contributed by atoms with Crippen LogP contribution in [0.3, 0.4) is 0 Å². The van der Waals surface area contributed by atoms with Crippen LogP contribution in [0.5, 0.6) is 0 Å². The summed E-state index contributed by atoms with van der Waals surface area (Å²) in [6.45, 7) is 7.13. The van der Waals surface area contributed by atoms with Gasteiger partial charge >= 0.3 is 5.97 Å². The Morgan fingerprint density at radius 2 is 1.95 bits per heavy atom. The van der Waals surface area contributed by atoms with Crippen molar-refractivity contribution >= 4 is 23.3 Å². The molecule has 0 aliphatic heterocycles. The van der Waals surface area contributed by atoms with Gasteiger partial charge in [0, 0.05) is 35.5 Å². The number of pyridine rings is 1. The molecule has 0 fully saturated rings. The molecule has 6 nitrogen and oxygen atoms in total. The lowest BCUT2D eigenvalue weighted by Crippen LogP contribution is -2.28. The maximum atomic E-state index is 12.0. The highest BCUT2D eigenvalue weighted by molar-refractivity contribution is 6.34. The highest BCUT2D eigenvalue weighted by Crippen LogP contribution is 2.20. The van der Waals surface area contributed by atoms with Crippen LogP contribution in [0.25, 0.3) is 0 Å². The number of aromatic nitrogens is 1. The fourth-order valence-corrected chi connectivity index (χ4v) is 1.46. The number of nitrogens with zero attached hydrogens (tertiary/aromatic N) is 1. The minimum Gasteiger partial charge on any atom is -0.460 e. The Morgan fingerprint density at radius 3 is 2.52 bits per heavy atom. The highest BCUT2D eigenvalue weighted by atomic mass is 16.5.